The summed E-state index contributed by atoms with van der Waals surface area (Å²) in [6.45, 7) is 1.93. The standard InChI is InChI=1S/C21H17ClN4O3/c1-12-5-4-6-13(9-12)24-20(27)15-11-23-26-18(14-7-2-3-8-16(14)22)10-17(21(28)29)25-19(15)26/h2-11,18,25H,1H3,(H,24,27)(H,28,29)/t18-/m0/s1. The van der Waals surface area contributed by atoms with Crippen LogP contribution in [0.15, 0.2) is 66.5 Å². The van der Waals surface area contributed by atoms with Crippen molar-refractivity contribution in [3.05, 3.63) is 88.2 Å². The summed E-state index contributed by atoms with van der Waals surface area (Å²) in [7, 11) is 0. The average molecular weight is 409 g/mol. The topological polar surface area (TPSA) is 96.3 Å². The first-order valence-electron chi connectivity index (χ1n) is 8.86. The first-order chi connectivity index (χ1) is 13.9. The number of hydrogen-bond donors (Lipinski definition) is 3. The van der Waals surface area contributed by atoms with Gasteiger partial charge in [-0.25, -0.2) is 9.48 Å². The molecule has 0 saturated carbocycles. The number of aryl methyl sites for hydroxylation is 1. The van der Waals surface area contributed by atoms with E-state index in [1.807, 2.05) is 31.2 Å². The molecule has 0 spiro atoms. The second-order valence-electron chi connectivity index (χ2n) is 6.65. The van der Waals surface area contributed by atoms with Gasteiger partial charge in [-0.3, -0.25) is 4.79 Å². The highest BCUT2D eigenvalue weighted by atomic mass is 35.5. The zero-order valence-electron chi connectivity index (χ0n) is 15.4. The van der Waals surface area contributed by atoms with Gasteiger partial charge < -0.3 is 15.7 Å². The number of anilines is 2. The van der Waals surface area contributed by atoms with Crippen molar-refractivity contribution in [1.82, 2.24) is 9.78 Å². The summed E-state index contributed by atoms with van der Waals surface area (Å²) in [5.74, 6) is -1.24. The van der Waals surface area contributed by atoms with E-state index in [0.717, 1.165) is 5.56 Å². The number of nitrogens with zero attached hydrogens (tertiary/aromatic N) is 2. The van der Waals surface area contributed by atoms with Gasteiger partial charge in [-0.2, -0.15) is 5.10 Å². The number of fused-ring (bicyclic) bond motifs is 1. The number of nitrogens with one attached hydrogen (secondary N) is 2. The molecule has 0 unspecified atom stereocenters. The highest BCUT2D eigenvalue weighted by Crippen LogP contribution is 2.35. The van der Waals surface area contributed by atoms with E-state index in [1.54, 1.807) is 28.9 Å². The molecule has 2 heterocycles. The molecule has 1 aromatic heterocycles. The van der Waals surface area contributed by atoms with Crippen molar-refractivity contribution in [2.75, 3.05) is 10.6 Å². The molecular formula is C21H17ClN4O3. The third-order valence-corrected chi connectivity index (χ3v) is 4.96. The van der Waals surface area contributed by atoms with Crippen LogP contribution in [0.1, 0.15) is 27.5 Å². The number of carboxylic acid groups (broad SMARTS) is 1. The molecule has 146 valence electrons. The van der Waals surface area contributed by atoms with E-state index in [2.05, 4.69) is 15.7 Å². The molecule has 0 aliphatic carbocycles. The lowest BCUT2D eigenvalue weighted by atomic mass is 10.0. The van der Waals surface area contributed by atoms with Gasteiger partial charge in [-0.1, -0.05) is 41.9 Å². The zero-order valence-corrected chi connectivity index (χ0v) is 16.1. The minimum Gasteiger partial charge on any atom is -0.477 e. The molecule has 8 heteroatoms. The Balaban J connectivity index is 1.74. The molecule has 0 fully saturated rings. The van der Waals surface area contributed by atoms with Crippen LogP contribution >= 0.6 is 11.6 Å². The van der Waals surface area contributed by atoms with E-state index >= 15 is 0 Å². The van der Waals surface area contributed by atoms with Crippen LogP contribution in [0.5, 0.6) is 0 Å². The Labute approximate surface area is 171 Å². The summed E-state index contributed by atoms with van der Waals surface area (Å²) in [6, 6.07) is 14.0. The fraction of sp³-hybridized carbons (Fsp3) is 0.0952. The Morgan fingerprint density at radius 3 is 2.72 bits per heavy atom. The summed E-state index contributed by atoms with van der Waals surface area (Å²) in [5.41, 5.74) is 2.52. The van der Waals surface area contributed by atoms with Crippen LogP contribution in [0, 0.1) is 6.92 Å². The van der Waals surface area contributed by atoms with Gasteiger partial charge in [-0.05, 0) is 42.3 Å². The molecule has 1 aliphatic rings. The van der Waals surface area contributed by atoms with Gasteiger partial charge in [0, 0.05) is 10.7 Å². The van der Waals surface area contributed by atoms with Crippen LogP contribution in [0.3, 0.4) is 0 Å². The Morgan fingerprint density at radius 2 is 2.00 bits per heavy atom. The third kappa shape index (κ3) is 3.60. The van der Waals surface area contributed by atoms with Crippen LogP contribution < -0.4 is 10.6 Å². The second-order valence-corrected chi connectivity index (χ2v) is 7.06. The lowest BCUT2D eigenvalue weighted by Gasteiger charge is -2.25. The van der Waals surface area contributed by atoms with E-state index < -0.39 is 17.9 Å². The van der Waals surface area contributed by atoms with Crippen LogP contribution in [0.25, 0.3) is 0 Å². The first kappa shape index (κ1) is 18.8. The maximum atomic E-state index is 12.8. The Hall–Kier alpha value is -3.58. The summed E-state index contributed by atoms with van der Waals surface area (Å²) in [6.07, 6.45) is 2.93. The van der Waals surface area contributed by atoms with E-state index in [-0.39, 0.29) is 11.3 Å². The fourth-order valence-electron chi connectivity index (χ4n) is 3.24. The lowest BCUT2D eigenvalue weighted by molar-refractivity contribution is -0.132. The van der Waals surface area contributed by atoms with Crippen LogP contribution in [0.2, 0.25) is 5.02 Å². The second kappa shape index (κ2) is 7.44. The van der Waals surface area contributed by atoms with E-state index in [4.69, 9.17) is 11.6 Å². The minimum atomic E-state index is -1.14. The number of carbonyl (C=O) groups is 2. The molecule has 3 aromatic rings. The molecule has 1 amide bonds. The van der Waals surface area contributed by atoms with Gasteiger partial charge in [0.25, 0.3) is 5.91 Å². The van der Waals surface area contributed by atoms with Crippen molar-refractivity contribution in [3.63, 3.8) is 0 Å². The molecule has 0 bridgehead atoms. The maximum absolute atomic E-state index is 12.8. The van der Waals surface area contributed by atoms with Crippen molar-refractivity contribution < 1.29 is 14.7 Å². The first-order valence-corrected chi connectivity index (χ1v) is 9.24. The third-order valence-electron chi connectivity index (χ3n) is 4.61. The van der Waals surface area contributed by atoms with Gasteiger partial charge in [0.1, 0.15) is 23.1 Å². The fourth-order valence-corrected chi connectivity index (χ4v) is 3.49. The monoisotopic (exact) mass is 408 g/mol. The largest absolute Gasteiger partial charge is 0.477 e. The summed E-state index contributed by atoms with van der Waals surface area (Å²) in [4.78, 5) is 24.5. The van der Waals surface area contributed by atoms with Gasteiger partial charge in [0.05, 0.1) is 6.20 Å². The molecule has 1 aliphatic heterocycles. The predicted octanol–water partition coefficient (Wildman–Crippen LogP) is 4.08. The van der Waals surface area contributed by atoms with Crippen LogP contribution in [-0.2, 0) is 4.79 Å². The number of amides is 1. The SMILES string of the molecule is Cc1cccc(NC(=O)c2cnn3c2NC(C(=O)O)=C[C@H]3c2ccccc2Cl)c1. The number of hydrogen-bond acceptors (Lipinski definition) is 4. The highest BCUT2D eigenvalue weighted by molar-refractivity contribution is 6.31. The number of aromatic nitrogens is 2. The normalized spacial score (nSPS) is 15.1. The molecule has 0 saturated heterocycles. The number of halogens is 1. The summed E-state index contributed by atoms with van der Waals surface area (Å²) < 4.78 is 1.55. The molecular weight excluding hydrogens is 392 g/mol. The molecule has 7 nitrogen and oxygen atoms in total. The molecule has 4 rings (SSSR count). The van der Waals surface area contributed by atoms with Crippen LogP contribution in [0.4, 0.5) is 11.5 Å². The Morgan fingerprint density at radius 1 is 1.21 bits per heavy atom. The van der Waals surface area contributed by atoms with Gasteiger partial charge in [-0.15, -0.1) is 0 Å². The predicted molar refractivity (Wildman–Crippen MR) is 110 cm³/mol. The van der Waals surface area contributed by atoms with E-state index in [9.17, 15) is 14.7 Å². The lowest BCUT2D eigenvalue weighted by Crippen LogP contribution is -2.25. The number of carboxylic acids is 1. The minimum absolute atomic E-state index is 0.0486. The Kier molecular flexibility index (Phi) is 4.82. The molecule has 29 heavy (non-hydrogen) atoms. The zero-order chi connectivity index (χ0) is 20.5. The molecule has 2 aromatic carbocycles. The maximum Gasteiger partial charge on any atom is 0.352 e. The number of rotatable bonds is 4. The van der Waals surface area contributed by atoms with Crippen molar-refractivity contribution in [3.8, 4) is 0 Å². The van der Waals surface area contributed by atoms with E-state index in [1.165, 1.54) is 12.3 Å². The van der Waals surface area contributed by atoms with E-state index in [0.29, 0.717) is 22.1 Å². The number of carbonyl (C=O) groups excluding carboxylic acids is 1. The average Bonchev–Trinajstić information content (AvgIpc) is 3.12. The van der Waals surface area contributed by atoms with Gasteiger partial charge in [0.15, 0.2) is 0 Å². The molecule has 3 N–H and O–H groups in total. The quantitative estimate of drug-likeness (QED) is 0.604. The number of aliphatic carboxylic acids is 1. The smallest absolute Gasteiger partial charge is 0.352 e. The van der Waals surface area contributed by atoms with Gasteiger partial charge >= 0.3 is 5.97 Å². The summed E-state index contributed by atoms with van der Waals surface area (Å²) in [5, 5.41) is 20.0. The van der Waals surface area contributed by atoms with Crippen LogP contribution in [-0.4, -0.2) is 26.8 Å². The number of benzene rings is 2. The van der Waals surface area contributed by atoms with Crippen molar-refractivity contribution in [1.29, 1.82) is 0 Å². The number of allylic oxidation sites excluding steroid dienone is 1. The van der Waals surface area contributed by atoms with Crippen molar-refractivity contribution in [2.45, 2.75) is 13.0 Å². The highest BCUT2D eigenvalue weighted by Gasteiger charge is 2.30. The van der Waals surface area contributed by atoms with Gasteiger partial charge in [0.2, 0.25) is 0 Å². The Bertz CT molecular complexity index is 1150. The van der Waals surface area contributed by atoms with Crippen molar-refractivity contribution in [2.24, 2.45) is 0 Å². The molecule has 0 radical (unpaired) electrons. The molecule has 1 atom stereocenters. The van der Waals surface area contributed by atoms with Crippen molar-refractivity contribution >= 4 is 35.0 Å². The summed E-state index contributed by atoms with van der Waals surface area (Å²) >= 11 is 6.33.